The predicted octanol–water partition coefficient (Wildman–Crippen LogP) is 0.938. The molecule has 0 saturated heterocycles. The summed E-state index contributed by atoms with van der Waals surface area (Å²) < 4.78 is 4.74. The van der Waals surface area contributed by atoms with Crippen LogP contribution in [0.15, 0.2) is 10.7 Å². The van der Waals surface area contributed by atoms with Crippen LogP contribution in [0.5, 0.6) is 0 Å². The Morgan fingerprint density at radius 1 is 1.53 bits per heavy atom. The average molecular weight is 210 g/mol. The van der Waals surface area contributed by atoms with Crippen LogP contribution in [0.3, 0.4) is 0 Å². The normalized spacial score (nSPS) is 10.4. The Morgan fingerprint density at radius 2 is 2.20 bits per heavy atom. The van der Waals surface area contributed by atoms with Crippen molar-refractivity contribution in [1.29, 1.82) is 0 Å². The summed E-state index contributed by atoms with van der Waals surface area (Å²) in [6.07, 6.45) is 1.34. The second kappa shape index (κ2) is 4.72. The van der Waals surface area contributed by atoms with Gasteiger partial charge in [0, 0.05) is 5.92 Å². The third kappa shape index (κ3) is 2.90. The lowest BCUT2D eigenvalue weighted by atomic mass is 10.1. The molecule has 5 nitrogen and oxygen atoms in total. The molecule has 0 unspecified atom stereocenters. The SMILES string of the molecule is Cc1oncc1C(=O)NCC(=O)C(C)C. The van der Waals surface area contributed by atoms with Crippen molar-refractivity contribution < 1.29 is 14.1 Å². The van der Waals surface area contributed by atoms with Crippen LogP contribution in [-0.4, -0.2) is 23.4 Å². The Morgan fingerprint density at radius 3 is 2.67 bits per heavy atom. The van der Waals surface area contributed by atoms with Gasteiger partial charge in [-0.25, -0.2) is 0 Å². The molecule has 1 rings (SSSR count). The van der Waals surface area contributed by atoms with Gasteiger partial charge in [-0.1, -0.05) is 19.0 Å². The molecule has 82 valence electrons. The lowest BCUT2D eigenvalue weighted by molar-refractivity contribution is -0.120. The van der Waals surface area contributed by atoms with E-state index in [1.54, 1.807) is 20.8 Å². The van der Waals surface area contributed by atoms with E-state index in [4.69, 9.17) is 4.52 Å². The fourth-order valence-corrected chi connectivity index (χ4v) is 0.983. The zero-order chi connectivity index (χ0) is 11.4. The Kier molecular flexibility index (Phi) is 3.60. The molecular formula is C10H14N2O3. The number of amides is 1. The largest absolute Gasteiger partial charge is 0.361 e. The third-order valence-corrected chi connectivity index (χ3v) is 2.06. The van der Waals surface area contributed by atoms with Crippen LogP contribution in [0, 0.1) is 12.8 Å². The summed E-state index contributed by atoms with van der Waals surface area (Å²) >= 11 is 0. The van der Waals surface area contributed by atoms with Gasteiger partial charge in [0.25, 0.3) is 5.91 Å². The zero-order valence-electron chi connectivity index (χ0n) is 9.03. The number of aromatic nitrogens is 1. The van der Waals surface area contributed by atoms with Crippen LogP contribution >= 0.6 is 0 Å². The number of carbonyl (C=O) groups excluding carboxylic acids is 2. The minimum Gasteiger partial charge on any atom is -0.361 e. The van der Waals surface area contributed by atoms with Crippen LogP contribution < -0.4 is 5.32 Å². The van der Waals surface area contributed by atoms with Crippen molar-refractivity contribution in [2.24, 2.45) is 5.92 Å². The average Bonchev–Trinajstić information content (AvgIpc) is 2.60. The van der Waals surface area contributed by atoms with Crippen molar-refractivity contribution in [1.82, 2.24) is 10.5 Å². The summed E-state index contributed by atoms with van der Waals surface area (Å²) in [5, 5.41) is 6.00. The van der Waals surface area contributed by atoms with Crippen molar-refractivity contribution in [2.75, 3.05) is 6.54 Å². The molecule has 0 radical (unpaired) electrons. The number of carbonyl (C=O) groups is 2. The molecule has 1 aromatic heterocycles. The van der Waals surface area contributed by atoms with E-state index in [9.17, 15) is 9.59 Å². The molecule has 1 aromatic rings. The quantitative estimate of drug-likeness (QED) is 0.802. The number of ketones is 1. The van der Waals surface area contributed by atoms with Gasteiger partial charge in [-0.3, -0.25) is 9.59 Å². The number of hydrogen-bond donors (Lipinski definition) is 1. The zero-order valence-corrected chi connectivity index (χ0v) is 9.03. The number of rotatable bonds is 4. The molecule has 0 aliphatic rings. The highest BCUT2D eigenvalue weighted by Crippen LogP contribution is 2.05. The molecule has 0 spiro atoms. The summed E-state index contributed by atoms with van der Waals surface area (Å²) in [5.41, 5.74) is 0.367. The van der Waals surface area contributed by atoms with Crippen molar-refractivity contribution >= 4 is 11.7 Å². The van der Waals surface area contributed by atoms with E-state index in [1.807, 2.05) is 0 Å². The Labute approximate surface area is 87.8 Å². The van der Waals surface area contributed by atoms with Gasteiger partial charge >= 0.3 is 0 Å². The maximum Gasteiger partial charge on any atom is 0.256 e. The lowest BCUT2D eigenvalue weighted by Gasteiger charge is -2.05. The van der Waals surface area contributed by atoms with E-state index in [0.29, 0.717) is 11.3 Å². The first-order chi connectivity index (χ1) is 7.02. The molecule has 0 aliphatic heterocycles. The lowest BCUT2D eigenvalue weighted by Crippen LogP contribution is -2.31. The van der Waals surface area contributed by atoms with Crippen LogP contribution in [0.25, 0.3) is 0 Å². The van der Waals surface area contributed by atoms with Crippen LogP contribution in [0.4, 0.5) is 0 Å². The van der Waals surface area contributed by atoms with Crippen molar-refractivity contribution in [2.45, 2.75) is 20.8 Å². The minimum absolute atomic E-state index is 0.00235. The van der Waals surface area contributed by atoms with Gasteiger partial charge in [-0.2, -0.15) is 0 Å². The molecule has 0 bridgehead atoms. The molecule has 1 N–H and O–H groups in total. The van der Waals surface area contributed by atoms with Crippen LogP contribution in [-0.2, 0) is 4.79 Å². The van der Waals surface area contributed by atoms with Gasteiger partial charge in [0.15, 0.2) is 5.78 Å². The van der Waals surface area contributed by atoms with Gasteiger partial charge in [-0.05, 0) is 6.92 Å². The van der Waals surface area contributed by atoms with Gasteiger partial charge in [0.2, 0.25) is 0 Å². The fourth-order valence-electron chi connectivity index (χ4n) is 0.983. The topological polar surface area (TPSA) is 72.2 Å². The molecule has 1 amide bonds. The second-order valence-corrected chi connectivity index (χ2v) is 3.60. The number of Topliss-reactive ketones (excluding diaryl/α,β-unsaturated/α-hetero) is 1. The molecular weight excluding hydrogens is 196 g/mol. The van der Waals surface area contributed by atoms with Gasteiger partial charge in [-0.15, -0.1) is 0 Å². The van der Waals surface area contributed by atoms with Crippen molar-refractivity contribution in [3.63, 3.8) is 0 Å². The maximum absolute atomic E-state index is 11.5. The molecule has 0 saturated carbocycles. The molecule has 0 atom stereocenters. The molecule has 0 aliphatic carbocycles. The summed E-state index contributed by atoms with van der Waals surface area (Å²) in [7, 11) is 0. The smallest absolute Gasteiger partial charge is 0.256 e. The molecule has 0 aromatic carbocycles. The summed E-state index contributed by atoms with van der Waals surface area (Å²) in [4.78, 5) is 22.7. The maximum atomic E-state index is 11.5. The van der Waals surface area contributed by atoms with Crippen LogP contribution in [0.1, 0.15) is 30.0 Å². The van der Waals surface area contributed by atoms with Crippen LogP contribution in [0.2, 0.25) is 0 Å². The standard InChI is InChI=1S/C10H14N2O3/c1-6(2)9(13)5-11-10(14)8-4-12-15-7(8)3/h4,6H,5H2,1-3H3,(H,11,14). The summed E-state index contributed by atoms with van der Waals surface area (Å²) in [6, 6.07) is 0. The first-order valence-electron chi connectivity index (χ1n) is 4.74. The van der Waals surface area contributed by atoms with Gasteiger partial charge in [0.1, 0.15) is 11.3 Å². The van der Waals surface area contributed by atoms with E-state index >= 15 is 0 Å². The third-order valence-electron chi connectivity index (χ3n) is 2.06. The van der Waals surface area contributed by atoms with E-state index in [2.05, 4.69) is 10.5 Å². The predicted molar refractivity (Wildman–Crippen MR) is 53.4 cm³/mol. The molecule has 5 heteroatoms. The number of aryl methyl sites for hydroxylation is 1. The van der Waals surface area contributed by atoms with Gasteiger partial charge < -0.3 is 9.84 Å². The Balaban J connectivity index is 2.51. The minimum atomic E-state index is -0.331. The number of hydrogen-bond acceptors (Lipinski definition) is 4. The molecule has 15 heavy (non-hydrogen) atoms. The van der Waals surface area contributed by atoms with Gasteiger partial charge in [0.05, 0.1) is 12.7 Å². The summed E-state index contributed by atoms with van der Waals surface area (Å²) in [5.74, 6) is 0.0403. The monoisotopic (exact) mass is 210 g/mol. The first-order valence-corrected chi connectivity index (χ1v) is 4.74. The van der Waals surface area contributed by atoms with E-state index in [0.717, 1.165) is 0 Å². The van der Waals surface area contributed by atoms with Crippen molar-refractivity contribution in [3.8, 4) is 0 Å². The van der Waals surface area contributed by atoms with E-state index in [1.165, 1.54) is 6.20 Å². The van der Waals surface area contributed by atoms with Crippen molar-refractivity contribution in [3.05, 3.63) is 17.5 Å². The Bertz CT molecular complexity index is 368. The highest BCUT2D eigenvalue weighted by molar-refractivity contribution is 5.97. The highest BCUT2D eigenvalue weighted by Gasteiger charge is 2.14. The first kappa shape index (κ1) is 11.4. The Hall–Kier alpha value is -1.65. The van der Waals surface area contributed by atoms with E-state index in [-0.39, 0.29) is 24.2 Å². The number of nitrogens with zero attached hydrogens (tertiary/aromatic N) is 1. The number of nitrogens with one attached hydrogen (secondary N) is 1. The molecule has 1 heterocycles. The highest BCUT2D eigenvalue weighted by atomic mass is 16.5. The second-order valence-electron chi connectivity index (χ2n) is 3.60. The fraction of sp³-hybridized carbons (Fsp3) is 0.500. The molecule has 0 fully saturated rings. The summed E-state index contributed by atoms with van der Waals surface area (Å²) in [6.45, 7) is 5.27. The van der Waals surface area contributed by atoms with E-state index < -0.39 is 0 Å².